The molecule has 2 aliphatic rings. The fourth-order valence-corrected chi connectivity index (χ4v) is 2.92. The molecule has 2 fully saturated rings. The molecule has 2 N–H and O–H groups in total. The summed E-state index contributed by atoms with van der Waals surface area (Å²) in [4.78, 5) is 11.9. The Balaban J connectivity index is 1.98. The number of carbonyl (C=O) groups is 1. The smallest absolute Gasteiger partial charge is 0.407 e. The largest absolute Gasteiger partial charge is 0.444 e. The van der Waals surface area contributed by atoms with E-state index in [0.717, 1.165) is 45.4 Å². The second kappa shape index (κ2) is 5.67. The van der Waals surface area contributed by atoms with Gasteiger partial charge in [0, 0.05) is 6.61 Å². The van der Waals surface area contributed by atoms with Crippen LogP contribution in [-0.2, 0) is 9.47 Å². The van der Waals surface area contributed by atoms with Gasteiger partial charge in [0.05, 0.1) is 11.6 Å². The zero-order chi connectivity index (χ0) is 13.9. The van der Waals surface area contributed by atoms with Crippen molar-refractivity contribution in [3.8, 4) is 0 Å². The number of hydrogen-bond acceptors (Lipinski definition) is 4. The molecule has 0 bridgehead atoms. The molecule has 0 saturated carbocycles. The summed E-state index contributed by atoms with van der Waals surface area (Å²) in [5, 5.41) is 6.37. The lowest BCUT2D eigenvalue weighted by Crippen LogP contribution is -2.60. The van der Waals surface area contributed by atoms with E-state index in [9.17, 15) is 4.79 Å². The molecule has 1 unspecified atom stereocenters. The molecule has 0 aromatic heterocycles. The first kappa shape index (κ1) is 14.6. The SMILES string of the molecule is CC(C)(C)OC(=O)NC1CCCOC12CCNCC2. The first-order chi connectivity index (χ1) is 8.91. The Bertz CT molecular complexity index is 311. The van der Waals surface area contributed by atoms with E-state index in [1.807, 2.05) is 20.8 Å². The fraction of sp³-hybridized carbons (Fsp3) is 0.929. The van der Waals surface area contributed by atoms with Crippen molar-refractivity contribution in [2.45, 2.75) is 63.7 Å². The fourth-order valence-electron chi connectivity index (χ4n) is 2.92. The lowest BCUT2D eigenvalue weighted by atomic mass is 9.81. The van der Waals surface area contributed by atoms with Crippen LogP contribution in [0, 0.1) is 0 Å². The third-order valence-corrected chi connectivity index (χ3v) is 3.80. The summed E-state index contributed by atoms with van der Waals surface area (Å²) in [6, 6.07) is 0.0678. The van der Waals surface area contributed by atoms with Gasteiger partial charge in [0.15, 0.2) is 0 Å². The van der Waals surface area contributed by atoms with E-state index in [0.29, 0.717) is 0 Å². The second-order valence-corrected chi connectivity index (χ2v) is 6.50. The summed E-state index contributed by atoms with van der Waals surface area (Å²) < 4.78 is 11.4. The van der Waals surface area contributed by atoms with Crippen molar-refractivity contribution in [2.24, 2.45) is 0 Å². The van der Waals surface area contributed by atoms with Gasteiger partial charge in [-0.25, -0.2) is 4.79 Å². The van der Waals surface area contributed by atoms with Crippen molar-refractivity contribution in [3.05, 3.63) is 0 Å². The molecule has 1 spiro atoms. The summed E-state index contributed by atoms with van der Waals surface area (Å²) in [7, 11) is 0. The van der Waals surface area contributed by atoms with E-state index >= 15 is 0 Å². The highest BCUT2D eigenvalue weighted by Crippen LogP contribution is 2.33. The minimum Gasteiger partial charge on any atom is -0.444 e. The van der Waals surface area contributed by atoms with Crippen molar-refractivity contribution in [2.75, 3.05) is 19.7 Å². The zero-order valence-corrected chi connectivity index (χ0v) is 12.3. The number of hydrogen-bond donors (Lipinski definition) is 2. The lowest BCUT2D eigenvalue weighted by Gasteiger charge is -2.46. The van der Waals surface area contributed by atoms with Gasteiger partial charge >= 0.3 is 6.09 Å². The van der Waals surface area contributed by atoms with E-state index in [-0.39, 0.29) is 17.7 Å². The van der Waals surface area contributed by atoms with E-state index in [4.69, 9.17) is 9.47 Å². The topological polar surface area (TPSA) is 59.6 Å². The molecule has 0 aromatic carbocycles. The number of rotatable bonds is 1. The molecule has 2 saturated heterocycles. The second-order valence-electron chi connectivity index (χ2n) is 6.50. The Labute approximate surface area is 115 Å². The molecule has 0 aliphatic carbocycles. The summed E-state index contributed by atoms with van der Waals surface area (Å²) in [6.45, 7) is 8.34. The van der Waals surface area contributed by atoms with E-state index in [1.54, 1.807) is 0 Å². The van der Waals surface area contributed by atoms with Gasteiger partial charge in [-0.2, -0.15) is 0 Å². The summed E-state index contributed by atoms with van der Waals surface area (Å²) >= 11 is 0. The highest BCUT2D eigenvalue weighted by Gasteiger charge is 2.44. The predicted octanol–water partition coefficient (Wildman–Crippen LogP) is 1.81. The van der Waals surface area contributed by atoms with Gasteiger partial charge in [-0.3, -0.25) is 0 Å². The standard InChI is InChI=1S/C14H26N2O3/c1-13(2,3)19-12(17)16-11-5-4-10-18-14(11)6-8-15-9-7-14/h11,15H,4-10H2,1-3H3,(H,16,17). The number of ether oxygens (including phenoxy) is 2. The minimum absolute atomic E-state index is 0.0678. The Morgan fingerprint density at radius 1 is 1.37 bits per heavy atom. The first-order valence-electron chi connectivity index (χ1n) is 7.25. The quantitative estimate of drug-likeness (QED) is 0.763. The molecule has 19 heavy (non-hydrogen) atoms. The first-order valence-corrected chi connectivity index (χ1v) is 7.25. The van der Waals surface area contributed by atoms with Crippen LogP contribution in [0.4, 0.5) is 4.79 Å². The molecule has 0 aromatic rings. The third-order valence-electron chi connectivity index (χ3n) is 3.80. The van der Waals surface area contributed by atoms with E-state index in [1.165, 1.54) is 0 Å². The van der Waals surface area contributed by atoms with Crippen LogP contribution in [0.25, 0.3) is 0 Å². The maximum absolute atomic E-state index is 11.9. The summed E-state index contributed by atoms with van der Waals surface area (Å²) in [6.07, 6.45) is 3.54. The summed E-state index contributed by atoms with van der Waals surface area (Å²) in [5.74, 6) is 0. The van der Waals surface area contributed by atoms with E-state index < -0.39 is 5.60 Å². The number of nitrogens with one attached hydrogen (secondary N) is 2. The van der Waals surface area contributed by atoms with Crippen molar-refractivity contribution in [1.82, 2.24) is 10.6 Å². The molecule has 1 amide bonds. The normalized spacial score (nSPS) is 27.0. The van der Waals surface area contributed by atoms with Crippen LogP contribution in [0.5, 0.6) is 0 Å². The van der Waals surface area contributed by atoms with Crippen LogP contribution in [0.15, 0.2) is 0 Å². The monoisotopic (exact) mass is 270 g/mol. The van der Waals surface area contributed by atoms with E-state index in [2.05, 4.69) is 10.6 Å². The van der Waals surface area contributed by atoms with Crippen LogP contribution < -0.4 is 10.6 Å². The molecule has 2 rings (SSSR count). The minimum atomic E-state index is -0.457. The Morgan fingerprint density at radius 2 is 2.05 bits per heavy atom. The Morgan fingerprint density at radius 3 is 2.68 bits per heavy atom. The van der Waals surface area contributed by atoms with Crippen molar-refractivity contribution in [3.63, 3.8) is 0 Å². The van der Waals surface area contributed by atoms with Gasteiger partial charge in [0.1, 0.15) is 5.60 Å². The van der Waals surface area contributed by atoms with Crippen LogP contribution in [-0.4, -0.2) is 43.0 Å². The molecule has 0 radical (unpaired) electrons. The maximum atomic E-state index is 11.9. The van der Waals surface area contributed by atoms with Crippen molar-refractivity contribution >= 4 is 6.09 Å². The van der Waals surface area contributed by atoms with Crippen molar-refractivity contribution in [1.29, 1.82) is 0 Å². The van der Waals surface area contributed by atoms with Crippen LogP contribution in [0.2, 0.25) is 0 Å². The number of alkyl carbamates (subject to hydrolysis) is 1. The van der Waals surface area contributed by atoms with Crippen LogP contribution in [0.3, 0.4) is 0 Å². The highest BCUT2D eigenvalue weighted by molar-refractivity contribution is 5.68. The van der Waals surface area contributed by atoms with Gasteiger partial charge in [-0.15, -0.1) is 0 Å². The molecule has 110 valence electrons. The maximum Gasteiger partial charge on any atom is 0.407 e. The van der Waals surface area contributed by atoms with Gasteiger partial charge in [-0.1, -0.05) is 0 Å². The molecule has 1 atom stereocenters. The number of piperidine rings is 1. The van der Waals surface area contributed by atoms with Gasteiger partial charge in [0.25, 0.3) is 0 Å². The average molecular weight is 270 g/mol. The molecular weight excluding hydrogens is 244 g/mol. The summed E-state index contributed by atoms with van der Waals surface area (Å²) in [5.41, 5.74) is -0.651. The molecule has 2 heterocycles. The zero-order valence-electron chi connectivity index (χ0n) is 12.3. The molecule has 5 heteroatoms. The van der Waals surface area contributed by atoms with Gasteiger partial charge < -0.3 is 20.1 Å². The Kier molecular flexibility index (Phi) is 4.36. The molecular formula is C14H26N2O3. The third kappa shape index (κ3) is 3.83. The number of amides is 1. The Hall–Kier alpha value is -0.810. The average Bonchev–Trinajstić information content (AvgIpc) is 2.31. The van der Waals surface area contributed by atoms with Crippen LogP contribution >= 0.6 is 0 Å². The lowest BCUT2D eigenvalue weighted by molar-refractivity contribution is -0.116. The molecule has 2 aliphatic heterocycles. The predicted molar refractivity (Wildman–Crippen MR) is 73.2 cm³/mol. The van der Waals surface area contributed by atoms with Gasteiger partial charge in [-0.05, 0) is 59.5 Å². The molecule has 5 nitrogen and oxygen atoms in total. The van der Waals surface area contributed by atoms with Crippen LogP contribution in [0.1, 0.15) is 46.5 Å². The number of carbonyl (C=O) groups excluding carboxylic acids is 1. The van der Waals surface area contributed by atoms with Gasteiger partial charge in [0.2, 0.25) is 0 Å². The van der Waals surface area contributed by atoms with Crippen molar-refractivity contribution < 1.29 is 14.3 Å². The highest BCUT2D eigenvalue weighted by atomic mass is 16.6.